The van der Waals surface area contributed by atoms with Crippen LogP contribution in [0.15, 0.2) is 91.0 Å². The Morgan fingerprint density at radius 1 is 0.656 bits per heavy atom. The van der Waals surface area contributed by atoms with Gasteiger partial charge in [-0.15, -0.1) is 0 Å². The van der Waals surface area contributed by atoms with Crippen molar-refractivity contribution in [3.8, 4) is 33.8 Å². The number of hydrogen-bond donors (Lipinski definition) is 0. The van der Waals surface area contributed by atoms with E-state index in [1.807, 2.05) is 36.4 Å². The molecule has 6 rings (SSSR count). The van der Waals surface area contributed by atoms with Crippen molar-refractivity contribution in [1.29, 1.82) is 0 Å². The van der Waals surface area contributed by atoms with E-state index in [2.05, 4.69) is 73.4 Å². The van der Waals surface area contributed by atoms with Crippen LogP contribution in [0.1, 0.15) is 25.0 Å². The van der Waals surface area contributed by atoms with Crippen molar-refractivity contribution < 1.29 is 0 Å². The summed E-state index contributed by atoms with van der Waals surface area (Å²) in [6.45, 7) is 4.63. The highest BCUT2D eigenvalue weighted by molar-refractivity contribution is 6.29. The van der Waals surface area contributed by atoms with Gasteiger partial charge < -0.3 is 0 Å². The van der Waals surface area contributed by atoms with E-state index in [1.54, 1.807) is 0 Å². The minimum absolute atomic E-state index is 0.174. The van der Waals surface area contributed by atoms with Crippen LogP contribution in [-0.4, -0.2) is 9.97 Å². The SMILES string of the molecule is CC1(C)c2c(-c3cc(Cl)nc(-c4ccccc4)n3)cccc2-c2ccc3ccccc3c21. The van der Waals surface area contributed by atoms with E-state index in [4.69, 9.17) is 16.6 Å². The predicted octanol–water partition coefficient (Wildman–Crippen LogP) is 7.92. The fourth-order valence-electron chi connectivity index (χ4n) is 5.23. The van der Waals surface area contributed by atoms with Crippen molar-refractivity contribution >= 4 is 22.4 Å². The Bertz CT molecular complexity index is 1500. The third kappa shape index (κ3) is 2.80. The monoisotopic (exact) mass is 432 g/mol. The molecule has 0 fully saturated rings. The molecule has 0 amide bonds. The molecule has 5 aromatic rings. The normalized spacial score (nSPS) is 13.7. The van der Waals surface area contributed by atoms with Crippen molar-refractivity contribution in [3.05, 3.63) is 107 Å². The molecule has 3 heteroatoms. The molecule has 32 heavy (non-hydrogen) atoms. The predicted molar refractivity (Wildman–Crippen MR) is 133 cm³/mol. The maximum atomic E-state index is 6.49. The molecule has 0 saturated carbocycles. The Morgan fingerprint density at radius 3 is 2.22 bits per heavy atom. The lowest BCUT2D eigenvalue weighted by Gasteiger charge is -2.25. The first-order valence-electron chi connectivity index (χ1n) is 10.8. The van der Waals surface area contributed by atoms with Crippen molar-refractivity contribution in [2.24, 2.45) is 0 Å². The third-order valence-electron chi connectivity index (χ3n) is 6.54. The van der Waals surface area contributed by atoms with Gasteiger partial charge in [0.05, 0.1) is 5.69 Å². The second-order valence-electron chi connectivity index (χ2n) is 8.83. The van der Waals surface area contributed by atoms with E-state index in [9.17, 15) is 0 Å². The quantitative estimate of drug-likeness (QED) is 0.265. The van der Waals surface area contributed by atoms with Crippen LogP contribution in [0.4, 0.5) is 0 Å². The molecule has 2 nitrogen and oxygen atoms in total. The van der Waals surface area contributed by atoms with Crippen molar-refractivity contribution in [2.45, 2.75) is 19.3 Å². The van der Waals surface area contributed by atoms with Gasteiger partial charge in [0, 0.05) is 22.6 Å². The molecule has 154 valence electrons. The van der Waals surface area contributed by atoms with Crippen LogP contribution in [0.3, 0.4) is 0 Å². The Labute approximate surface area is 192 Å². The van der Waals surface area contributed by atoms with Gasteiger partial charge in [0.25, 0.3) is 0 Å². The van der Waals surface area contributed by atoms with Crippen LogP contribution < -0.4 is 0 Å². The van der Waals surface area contributed by atoms with Gasteiger partial charge in [0.2, 0.25) is 0 Å². The first-order valence-corrected chi connectivity index (χ1v) is 11.2. The van der Waals surface area contributed by atoms with Gasteiger partial charge in [0.1, 0.15) is 5.15 Å². The van der Waals surface area contributed by atoms with Crippen LogP contribution >= 0.6 is 11.6 Å². The van der Waals surface area contributed by atoms with Crippen molar-refractivity contribution in [2.75, 3.05) is 0 Å². The van der Waals surface area contributed by atoms with E-state index in [0.717, 1.165) is 16.8 Å². The summed E-state index contributed by atoms with van der Waals surface area (Å²) in [5.41, 5.74) is 7.98. The summed E-state index contributed by atoms with van der Waals surface area (Å²) < 4.78 is 0. The molecule has 1 heterocycles. The third-order valence-corrected chi connectivity index (χ3v) is 6.73. The number of benzene rings is 4. The van der Waals surface area contributed by atoms with Gasteiger partial charge >= 0.3 is 0 Å². The van der Waals surface area contributed by atoms with Crippen LogP contribution in [-0.2, 0) is 5.41 Å². The smallest absolute Gasteiger partial charge is 0.161 e. The molecule has 0 radical (unpaired) electrons. The number of rotatable bonds is 2. The lowest BCUT2D eigenvalue weighted by atomic mass is 9.78. The highest BCUT2D eigenvalue weighted by Gasteiger charge is 2.39. The van der Waals surface area contributed by atoms with Crippen LogP contribution in [0.5, 0.6) is 0 Å². The average Bonchev–Trinajstić information content (AvgIpc) is 3.06. The van der Waals surface area contributed by atoms with Crippen LogP contribution in [0, 0.1) is 0 Å². The molecular formula is C29H21ClN2. The first kappa shape index (κ1) is 19.2. The summed E-state index contributed by atoms with van der Waals surface area (Å²) in [7, 11) is 0. The van der Waals surface area contributed by atoms with Gasteiger partial charge in [0.15, 0.2) is 5.82 Å². The van der Waals surface area contributed by atoms with Gasteiger partial charge in [-0.1, -0.05) is 110 Å². The number of hydrogen-bond acceptors (Lipinski definition) is 2. The zero-order valence-electron chi connectivity index (χ0n) is 17.9. The largest absolute Gasteiger partial charge is 0.228 e. The maximum Gasteiger partial charge on any atom is 0.161 e. The molecule has 1 aromatic heterocycles. The Morgan fingerprint density at radius 2 is 1.38 bits per heavy atom. The minimum atomic E-state index is -0.174. The highest BCUT2D eigenvalue weighted by Crippen LogP contribution is 2.54. The maximum absolute atomic E-state index is 6.49. The van der Waals surface area contributed by atoms with Crippen molar-refractivity contribution in [3.63, 3.8) is 0 Å². The summed E-state index contributed by atoms with van der Waals surface area (Å²) >= 11 is 6.49. The Kier molecular flexibility index (Phi) is 4.21. The molecule has 0 saturated heterocycles. The lowest BCUT2D eigenvalue weighted by Crippen LogP contribution is -2.17. The standard InChI is InChI=1S/C29H21ClN2/c1-29(2)26-20-12-7-6-9-18(20)15-16-22(26)21-13-8-14-23(27(21)29)24-17-25(30)32-28(31-24)19-10-4-3-5-11-19/h3-17H,1-2H3. The Balaban J connectivity index is 1.61. The molecule has 1 aliphatic carbocycles. The van der Waals surface area contributed by atoms with E-state index < -0.39 is 0 Å². The summed E-state index contributed by atoms with van der Waals surface area (Å²) in [5.74, 6) is 0.643. The highest BCUT2D eigenvalue weighted by atomic mass is 35.5. The minimum Gasteiger partial charge on any atom is -0.228 e. The van der Waals surface area contributed by atoms with E-state index in [0.29, 0.717) is 11.0 Å². The summed E-state index contributed by atoms with van der Waals surface area (Å²) in [6.07, 6.45) is 0. The average molecular weight is 433 g/mol. The second kappa shape index (κ2) is 7.01. The molecule has 1 aliphatic rings. The fraction of sp³-hybridized carbons (Fsp3) is 0.103. The number of halogens is 1. The van der Waals surface area contributed by atoms with Crippen LogP contribution in [0.2, 0.25) is 5.15 Å². The number of fused-ring (bicyclic) bond motifs is 5. The summed E-state index contributed by atoms with van der Waals surface area (Å²) in [4.78, 5) is 9.44. The number of aromatic nitrogens is 2. The zero-order valence-corrected chi connectivity index (χ0v) is 18.7. The second-order valence-corrected chi connectivity index (χ2v) is 9.22. The fourth-order valence-corrected chi connectivity index (χ4v) is 5.41. The molecular weight excluding hydrogens is 412 g/mol. The summed E-state index contributed by atoms with van der Waals surface area (Å²) in [5, 5.41) is 3.03. The lowest BCUT2D eigenvalue weighted by molar-refractivity contribution is 0.667. The molecule has 0 N–H and O–H groups in total. The van der Waals surface area contributed by atoms with E-state index in [-0.39, 0.29) is 5.41 Å². The molecule has 0 unspecified atom stereocenters. The number of nitrogens with zero attached hydrogens (tertiary/aromatic N) is 2. The van der Waals surface area contributed by atoms with Gasteiger partial charge in [-0.2, -0.15) is 0 Å². The molecule has 0 bridgehead atoms. The van der Waals surface area contributed by atoms with Gasteiger partial charge in [-0.05, 0) is 33.0 Å². The van der Waals surface area contributed by atoms with Gasteiger partial charge in [-0.25, -0.2) is 9.97 Å². The van der Waals surface area contributed by atoms with E-state index in [1.165, 1.54) is 33.0 Å². The topological polar surface area (TPSA) is 25.8 Å². The Hall–Kier alpha value is -3.49. The molecule has 0 atom stereocenters. The molecule has 0 spiro atoms. The molecule has 4 aromatic carbocycles. The van der Waals surface area contributed by atoms with Gasteiger partial charge in [-0.3, -0.25) is 0 Å². The zero-order chi connectivity index (χ0) is 21.9. The molecule has 0 aliphatic heterocycles. The van der Waals surface area contributed by atoms with Crippen molar-refractivity contribution in [1.82, 2.24) is 9.97 Å². The first-order chi connectivity index (χ1) is 15.5. The van der Waals surface area contributed by atoms with E-state index >= 15 is 0 Å². The summed E-state index contributed by atoms with van der Waals surface area (Å²) in [6, 6.07) is 31.5. The van der Waals surface area contributed by atoms with Crippen LogP contribution in [0.25, 0.3) is 44.5 Å².